The second kappa shape index (κ2) is 8.22. The van der Waals surface area contributed by atoms with Crippen molar-refractivity contribution in [1.29, 1.82) is 5.26 Å². The summed E-state index contributed by atoms with van der Waals surface area (Å²) in [6, 6.07) is 12.2. The van der Waals surface area contributed by atoms with E-state index in [1.807, 2.05) is 24.3 Å². The number of alkyl halides is 3. The van der Waals surface area contributed by atoms with E-state index >= 15 is 0 Å². The molecule has 0 N–H and O–H groups in total. The Labute approximate surface area is 199 Å². The maximum atomic E-state index is 13.5. The standard InChI is InChI=1S/C23H19F3N6OS/c1-22(2)20(33)32(17-9-8-16(11-27)18(10-17)23(24,25)26)21(34)31(22)12-14-4-6-15(7-5-14)19-13-30(3)29-28-19/h4-10,13H,12H2,1-3H3. The number of rotatable bonds is 4. The van der Waals surface area contributed by atoms with E-state index in [4.69, 9.17) is 17.5 Å². The Hall–Kier alpha value is -3.78. The number of anilines is 1. The molecular formula is C23H19F3N6OS. The van der Waals surface area contributed by atoms with Crippen LogP contribution in [-0.4, -0.2) is 36.5 Å². The zero-order valence-electron chi connectivity index (χ0n) is 18.5. The van der Waals surface area contributed by atoms with Crippen molar-refractivity contribution in [2.45, 2.75) is 32.1 Å². The Morgan fingerprint density at radius 1 is 1.15 bits per heavy atom. The van der Waals surface area contributed by atoms with Gasteiger partial charge in [-0.3, -0.25) is 14.4 Å². The molecule has 2 heterocycles. The lowest BCUT2D eigenvalue weighted by Crippen LogP contribution is -2.43. The van der Waals surface area contributed by atoms with Crippen molar-refractivity contribution in [3.8, 4) is 17.3 Å². The summed E-state index contributed by atoms with van der Waals surface area (Å²) in [6.45, 7) is 3.62. The van der Waals surface area contributed by atoms with E-state index in [0.29, 0.717) is 5.69 Å². The molecule has 0 spiro atoms. The summed E-state index contributed by atoms with van der Waals surface area (Å²) in [6.07, 6.45) is -2.96. The molecule has 2 aromatic carbocycles. The molecule has 4 rings (SSSR count). The number of hydrogen-bond acceptors (Lipinski definition) is 5. The molecule has 7 nitrogen and oxygen atoms in total. The second-order valence-corrected chi connectivity index (χ2v) is 8.75. The quantitative estimate of drug-likeness (QED) is 0.515. The van der Waals surface area contributed by atoms with E-state index in [2.05, 4.69) is 10.3 Å². The van der Waals surface area contributed by atoms with Crippen LogP contribution in [0.25, 0.3) is 11.3 Å². The van der Waals surface area contributed by atoms with Gasteiger partial charge in [-0.15, -0.1) is 5.10 Å². The normalized spacial score (nSPS) is 15.7. The maximum absolute atomic E-state index is 13.5. The van der Waals surface area contributed by atoms with Gasteiger partial charge in [0.1, 0.15) is 11.2 Å². The number of amides is 1. The van der Waals surface area contributed by atoms with Crippen LogP contribution >= 0.6 is 12.2 Å². The second-order valence-electron chi connectivity index (χ2n) is 8.38. The summed E-state index contributed by atoms with van der Waals surface area (Å²) >= 11 is 5.54. The minimum absolute atomic E-state index is 0.0325. The van der Waals surface area contributed by atoms with Crippen LogP contribution in [0.5, 0.6) is 0 Å². The number of aromatic nitrogens is 3. The maximum Gasteiger partial charge on any atom is 0.417 e. The first kappa shape index (κ1) is 23.4. The van der Waals surface area contributed by atoms with Crippen LogP contribution in [0.1, 0.15) is 30.5 Å². The number of carbonyl (C=O) groups excluding carboxylic acids is 1. The van der Waals surface area contributed by atoms with Gasteiger partial charge in [0.25, 0.3) is 5.91 Å². The highest BCUT2D eigenvalue weighted by atomic mass is 32.1. The number of nitriles is 1. The van der Waals surface area contributed by atoms with Crippen molar-refractivity contribution in [1.82, 2.24) is 19.9 Å². The van der Waals surface area contributed by atoms with E-state index in [0.717, 1.165) is 28.2 Å². The number of halogens is 3. The van der Waals surface area contributed by atoms with Crippen LogP contribution in [0.4, 0.5) is 18.9 Å². The van der Waals surface area contributed by atoms with Gasteiger partial charge < -0.3 is 4.90 Å². The van der Waals surface area contributed by atoms with Gasteiger partial charge in [0, 0.05) is 19.2 Å². The highest BCUT2D eigenvalue weighted by molar-refractivity contribution is 7.80. The van der Waals surface area contributed by atoms with Gasteiger partial charge in [-0.1, -0.05) is 29.5 Å². The van der Waals surface area contributed by atoms with Crippen molar-refractivity contribution < 1.29 is 18.0 Å². The zero-order chi connectivity index (χ0) is 24.8. The van der Waals surface area contributed by atoms with Crippen LogP contribution in [0.3, 0.4) is 0 Å². The molecule has 1 fully saturated rings. The summed E-state index contributed by atoms with van der Waals surface area (Å²) in [5.41, 5.74) is -0.313. The summed E-state index contributed by atoms with van der Waals surface area (Å²) < 4.78 is 42.0. The average molecular weight is 485 g/mol. The highest BCUT2D eigenvalue weighted by Gasteiger charge is 2.49. The molecule has 1 aromatic heterocycles. The first-order chi connectivity index (χ1) is 15.9. The third-order valence-corrected chi connectivity index (χ3v) is 6.11. The lowest BCUT2D eigenvalue weighted by atomic mass is 10.0. The topological polar surface area (TPSA) is 78.0 Å². The van der Waals surface area contributed by atoms with Gasteiger partial charge in [-0.25, -0.2) is 0 Å². The summed E-state index contributed by atoms with van der Waals surface area (Å²) in [7, 11) is 1.77. The largest absolute Gasteiger partial charge is 0.417 e. The Morgan fingerprint density at radius 3 is 2.38 bits per heavy atom. The lowest BCUT2D eigenvalue weighted by Gasteiger charge is -2.29. The molecule has 34 heavy (non-hydrogen) atoms. The molecule has 0 aliphatic carbocycles. The monoisotopic (exact) mass is 484 g/mol. The fourth-order valence-corrected chi connectivity index (χ4v) is 4.26. The van der Waals surface area contributed by atoms with Gasteiger partial charge >= 0.3 is 6.18 Å². The van der Waals surface area contributed by atoms with E-state index in [9.17, 15) is 18.0 Å². The fraction of sp³-hybridized carbons (Fsp3) is 0.261. The van der Waals surface area contributed by atoms with Gasteiger partial charge in [0.2, 0.25) is 0 Å². The number of carbonyl (C=O) groups is 1. The van der Waals surface area contributed by atoms with Crippen LogP contribution in [0, 0.1) is 11.3 Å². The van der Waals surface area contributed by atoms with E-state index in [-0.39, 0.29) is 17.3 Å². The number of nitrogens with zero attached hydrogens (tertiary/aromatic N) is 6. The van der Waals surface area contributed by atoms with Crippen molar-refractivity contribution >= 4 is 28.9 Å². The molecule has 0 unspecified atom stereocenters. The zero-order valence-corrected chi connectivity index (χ0v) is 19.3. The van der Waals surface area contributed by atoms with Crippen LogP contribution in [0.15, 0.2) is 48.7 Å². The van der Waals surface area contributed by atoms with Crippen molar-refractivity contribution in [2.24, 2.45) is 7.05 Å². The predicted molar refractivity (Wildman–Crippen MR) is 122 cm³/mol. The molecule has 174 valence electrons. The molecule has 0 atom stereocenters. The number of benzene rings is 2. The summed E-state index contributed by atoms with van der Waals surface area (Å²) in [4.78, 5) is 16.0. The van der Waals surface area contributed by atoms with Crippen LogP contribution < -0.4 is 4.90 Å². The van der Waals surface area contributed by atoms with Gasteiger partial charge in [-0.05, 0) is 49.8 Å². The minimum atomic E-state index is -4.74. The molecule has 1 aliphatic heterocycles. The van der Waals surface area contributed by atoms with Crippen molar-refractivity contribution in [3.05, 3.63) is 65.4 Å². The lowest BCUT2D eigenvalue weighted by molar-refractivity contribution is -0.137. The number of thiocarbonyl (C=S) groups is 1. The number of aryl methyl sites for hydroxylation is 1. The highest BCUT2D eigenvalue weighted by Crippen LogP contribution is 2.38. The third-order valence-electron chi connectivity index (χ3n) is 5.70. The summed E-state index contributed by atoms with van der Waals surface area (Å²) in [5, 5.41) is 17.1. The molecule has 3 aromatic rings. The summed E-state index contributed by atoms with van der Waals surface area (Å²) in [5.74, 6) is -0.452. The Kier molecular flexibility index (Phi) is 5.65. The minimum Gasteiger partial charge on any atom is -0.330 e. The predicted octanol–water partition coefficient (Wildman–Crippen LogP) is 4.28. The first-order valence-corrected chi connectivity index (χ1v) is 10.6. The molecule has 1 saturated heterocycles. The smallest absolute Gasteiger partial charge is 0.330 e. The molecular weight excluding hydrogens is 465 g/mol. The molecule has 0 bridgehead atoms. The molecule has 1 aliphatic rings. The average Bonchev–Trinajstić information content (AvgIpc) is 3.29. The van der Waals surface area contributed by atoms with E-state index < -0.39 is 28.7 Å². The Bertz CT molecular complexity index is 1320. The van der Waals surface area contributed by atoms with Gasteiger partial charge in [0.05, 0.1) is 29.1 Å². The SMILES string of the molecule is Cn1cc(-c2ccc(CN3C(=S)N(c4ccc(C#N)c(C(F)(F)F)c4)C(=O)C3(C)C)cc2)nn1. The van der Waals surface area contributed by atoms with Crippen LogP contribution in [0.2, 0.25) is 0 Å². The van der Waals surface area contributed by atoms with E-state index in [1.165, 1.54) is 6.07 Å². The third kappa shape index (κ3) is 4.01. The first-order valence-electron chi connectivity index (χ1n) is 10.2. The van der Waals surface area contributed by atoms with E-state index in [1.54, 1.807) is 42.7 Å². The van der Waals surface area contributed by atoms with Crippen molar-refractivity contribution in [2.75, 3.05) is 4.90 Å². The molecule has 0 radical (unpaired) electrons. The van der Waals surface area contributed by atoms with Crippen LogP contribution in [-0.2, 0) is 24.6 Å². The van der Waals surface area contributed by atoms with Crippen molar-refractivity contribution in [3.63, 3.8) is 0 Å². The van der Waals surface area contributed by atoms with Gasteiger partial charge in [-0.2, -0.15) is 18.4 Å². The number of hydrogen-bond donors (Lipinski definition) is 0. The Balaban J connectivity index is 1.63. The Morgan fingerprint density at radius 2 is 1.82 bits per heavy atom. The molecule has 11 heteroatoms. The fourth-order valence-electron chi connectivity index (χ4n) is 3.78. The molecule has 0 saturated carbocycles. The molecule has 1 amide bonds. The van der Waals surface area contributed by atoms with Gasteiger partial charge in [0.15, 0.2) is 5.11 Å².